The summed E-state index contributed by atoms with van der Waals surface area (Å²) in [5.74, 6) is 0.310. The third kappa shape index (κ3) is 5.18. The van der Waals surface area contributed by atoms with Crippen molar-refractivity contribution < 1.29 is 4.90 Å². The summed E-state index contributed by atoms with van der Waals surface area (Å²) in [4.78, 5) is 1.53. The minimum Gasteiger partial charge on any atom is -0.337 e. The van der Waals surface area contributed by atoms with Gasteiger partial charge in [-0.25, -0.2) is 0 Å². The van der Waals surface area contributed by atoms with E-state index in [1.807, 2.05) is 18.2 Å². The predicted molar refractivity (Wildman–Crippen MR) is 105 cm³/mol. The van der Waals surface area contributed by atoms with Crippen molar-refractivity contribution in [2.24, 2.45) is 5.92 Å². The molecule has 0 aliphatic heterocycles. The van der Waals surface area contributed by atoms with Crippen molar-refractivity contribution in [2.45, 2.75) is 38.5 Å². The fraction of sp³-hybridized carbons (Fsp3) is 0.435. The van der Waals surface area contributed by atoms with Crippen LogP contribution >= 0.6 is 0 Å². The standard InChI is InChI=1S/C23H30N2/c1-20(2)23(19-24,22-13-8-5-9-14-22)16-10-17-25(3)18-15-21-11-6-4-7-12-21/h4-9,11-14,20H,10,15-18H2,1-3H3/p+1/t23-/m0/s1. The number of rotatable bonds is 9. The van der Waals surface area contributed by atoms with Crippen LogP contribution in [0, 0.1) is 17.2 Å². The molecule has 0 bridgehead atoms. The molecule has 2 aromatic rings. The summed E-state index contributed by atoms with van der Waals surface area (Å²) in [6.45, 7) is 6.58. The van der Waals surface area contributed by atoms with Gasteiger partial charge in [-0.2, -0.15) is 5.26 Å². The molecule has 2 rings (SSSR count). The van der Waals surface area contributed by atoms with Crippen molar-refractivity contribution in [3.05, 3.63) is 71.8 Å². The van der Waals surface area contributed by atoms with Crippen molar-refractivity contribution in [1.29, 1.82) is 5.26 Å². The molecule has 0 spiro atoms. The highest BCUT2D eigenvalue weighted by Gasteiger charge is 2.35. The zero-order chi connectivity index (χ0) is 18.1. The van der Waals surface area contributed by atoms with E-state index in [0.717, 1.165) is 37.9 Å². The van der Waals surface area contributed by atoms with Crippen molar-refractivity contribution >= 4 is 0 Å². The van der Waals surface area contributed by atoms with E-state index in [-0.39, 0.29) is 5.41 Å². The monoisotopic (exact) mass is 335 g/mol. The third-order valence-electron chi connectivity index (χ3n) is 5.33. The minimum absolute atomic E-state index is 0.310. The molecule has 25 heavy (non-hydrogen) atoms. The first kappa shape index (κ1) is 19.2. The Bertz CT molecular complexity index is 657. The van der Waals surface area contributed by atoms with Crippen LogP contribution in [0.5, 0.6) is 0 Å². The molecule has 1 unspecified atom stereocenters. The number of nitriles is 1. The average molecular weight is 336 g/mol. The molecule has 0 aliphatic carbocycles. The highest BCUT2D eigenvalue weighted by molar-refractivity contribution is 5.33. The van der Waals surface area contributed by atoms with E-state index in [1.165, 1.54) is 10.5 Å². The zero-order valence-corrected chi connectivity index (χ0v) is 15.8. The molecule has 1 N–H and O–H groups in total. The summed E-state index contributed by atoms with van der Waals surface area (Å²) >= 11 is 0. The maximum atomic E-state index is 9.96. The van der Waals surface area contributed by atoms with E-state index < -0.39 is 0 Å². The number of quaternary nitrogens is 1. The summed E-state index contributed by atoms with van der Waals surface area (Å²) in [5.41, 5.74) is 2.19. The molecule has 0 heterocycles. The number of benzene rings is 2. The Balaban J connectivity index is 1.90. The number of nitrogens with one attached hydrogen (secondary N) is 1. The fourth-order valence-electron chi connectivity index (χ4n) is 3.55. The summed E-state index contributed by atoms with van der Waals surface area (Å²) in [7, 11) is 2.26. The topological polar surface area (TPSA) is 28.2 Å². The maximum absolute atomic E-state index is 9.96. The van der Waals surface area contributed by atoms with Crippen molar-refractivity contribution in [3.8, 4) is 6.07 Å². The van der Waals surface area contributed by atoms with Gasteiger partial charge in [-0.15, -0.1) is 0 Å². The summed E-state index contributed by atoms with van der Waals surface area (Å²) in [6.07, 6.45) is 3.11. The Morgan fingerprint density at radius 3 is 2.12 bits per heavy atom. The van der Waals surface area contributed by atoms with Gasteiger partial charge in [0, 0.05) is 6.42 Å². The van der Waals surface area contributed by atoms with Gasteiger partial charge >= 0.3 is 0 Å². The van der Waals surface area contributed by atoms with Crippen molar-refractivity contribution in [2.75, 3.05) is 20.1 Å². The lowest BCUT2D eigenvalue weighted by atomic mass is 9.70. The first-order chi connectivity index (χ1) is 12.1. The SMILES string of the molecule is CC(C)[C@@](C#N)(CCC[NH+](C)CCc1ccccc1)c1ccccc1. The molecule has 0 saturated heterocycles. The molecule has 2 atom stereocenters. The quantitative estimate of drug-likeness (QED) is 0.744. The van der Waals surface area contributed by atoms with E-state index in [1.54, 1.807) is 0 Å². The summed E-state index contributed by atoms with van der Waals surface area (Å²) < 4.78 is 0. The van der Waals surface area contributed by atoms with Gasteiger partial charge in [0.2, 0.25) is 0 Å². The fourth-order valence-corrected chi connectivity index (χ4v) is 3.55. The van der Waals surface area contributed by atoms with Crippen LogP contribution in [-0.4, -0.2) is 20.1 Å². The number of likely N-dealkylation sites (N-methyl/N-ethyl adjacent to an activating group) is 1. The van der Waals surface area contributed by atoms with Crippen LogP contribution in [0.4, 0.5) is 0 Å². The lowest BCUT2D eigenvalue weighted by molar-refractivity contribution is -0.879. The highest BCUT2D eigenvalue weighted by Crippen LogP contribution is 2.36. The summed E-state index contributed by atoms with van der Waals surface area (Å²) in [6, 6.07) is 23.6. The lowest BCUT2D eigenvalue weighted by Gasteiger charge is -2.31. The summed E-state index contributed by atoms with van der Waals surface area (Å²) in [5, 5.41) is 9.96. The van der Waals surface area contributed by atoms with Crippen LogP contribution in [0.25, 0.3) is 0 Å². The molecule has 2 nitrogen and oxygen atoms in total. The molecule has 0 amide bonds. The van der Waals surface area contributed by atoms with Gasteiger partial charge in [0.25, 0.3) is 0 Å². The average Bonchev–Trinajstić information content (AvgIpc) is 2.65. The van der Waals surface area contributed by atoms with Crippen LogP contribution in [0.1, 0.15) is 37.8 Å². The van der Waals surface area contributed by atoms with Crippen molar-refractivity contribution in [3.63, 3.8) is 0 Å². The lowest BCUT2D eigenvalue weighted by Crippen LogP contribution is -3.09. The smallest absolute Gasteiger partial charge is 0.0847 e. The largest absolute Gasteiger partial charge is 0.337 e. The number of hydrogen-bond donors (Lipinski definition) is 1. The highest BCUT2D eigenvalue weighted by atomic mass is 15.1. The Morgan fingerprint density at radius 2 is 1.56 bits per heavy atom. The molecule has 0 saturated carbocycles. The van der Waals surface area contributed by atoms with Gasteiger partial charge in [0.15, 0.2) is 0 Å². The van der Waals surface area contributed by atoms with E-state index >= 15 is 0 Å². The second kappa shape index (κ2) is 9.39. The minimum atomic E-state index is -0.374. The van der Waals surface area contributed by atoms with E-state index in [2.05, 4.69) is 69.4 Å². The first-order valence-corrected chi connectivity index (χ1v) is 9.40. The second-order valence-electron chi connectivity index (χ2n) is 7.40. The first-order valence-electron chi connectivity index (χ1n) is 9.40. The number of nitrogens with zero attached hydrogens (tertiary/aromatic N) is 1. The van der Waals surface area contributed by atoms with Crippen molar-refractivity contribution in [1.82, 2.24) is 0 Å². The van der Waals surface area contributed by atoms with Gasteiger partial charge < -0.3 is 4.90 Å². The predicted octanol–water partition coefficient (Wildman–Crippen LogP) is 3.64. The molecule has 2 aromatic carbocycles. The molecule has 0 aromatic heterocycles. The third-order valence-corrected chi connectivity index (χ3v) is 5.33. The Labute approximate surface area is 153 Å². The van der Waals surface area contributed by atoms with Crippen LogP contribution in [0.2, 0.25) is 0 Å². The van der Waals surface area contributed by atoms with E-state index in [0.29, 0.717) is 5.92 Å². The van der Waals surface area contributed by atoms with Gasteiger partial charge in [-0.3, -0.25) is 0 Å². The Morgan fingerprint density at radius 1 is 0.960 bits per heavy atom. The Kier molecular flexibility index (Phi) is 7.22. The van der Waals surface area contributed by atoms with Crippen LogP contribution < -0.4 is 4.90 Å². The van der Waals surface area contributed by atoms with Crippen LogP contribution in [0.3, 0.4) is 0 Å². The molecular formula is C23H31N2+. The molecule has 0 radical (unpaired) electrons. The van der Waals surface area contributed by atoms with E-state index in [4.69, 9.17) is 0 Å². The molecule has 0 fully saturated rings. The molecule has 2 heteroatoms. The van der Waals surface area contributed by atoms with Crippen LogP contribution in [-0.2, 0) is 11.8 Å². The molecular weight excluding hydrogens is 304 g/mol. The molecule has 132 valence electrons. The molecule has 0 aliphatic rings. The maximum Gasteiger partial charge on any atom is 0.0847 e. The van der Waals surface area contributed by atoms with E-state index in [9.17, 15) is 5.26 Å². The van der Waals surface area contributed by atoms with Gasteiger partial charge in [-0.05, 0) is 29.9 Å². The van der Waals surface area contributed by atoms with Crippen LogP contribution in [0.15, 0.2) is 60.7 Å². The Hall–Kier alpha value is -2.11. The normalized spacial score (nSPS) is 14.7. The van der Waals surface area contributed by atoms with Gasteiger partial charge in [-0.1, -0.05) is 74.5 Å². The zero-order valence-electron chi connectivity index (χ0n) is 15.8. The number of hydrogen-bond acceptors (Lipinski definition) is 1. The second-order valence-corrected chi connectivity index (χ2v) is 7.40. The van der Waals surface area contributed by atoms with Gasteiger partial charge in [0.05, 0.1) is 31.6 Å². The van der Waals surface area contributed by atoms with Gasteiger partial charge in [0.1, 0.15) is 0 Å².